The number of nitrogens with one attached hydrogen (secondary N) is 1. The average molecular weight is 310 g/mol. The second-order valence-corrected chi connectivity index (χ2v) is 7.55. The van der Waals surface area contributed by atoms with E-state index in [9.17, 15) is 8.42 Å². The summed E-state index contributed by atoms with van der Waals surface area (Å²) in [4.78, 5) is 0.381. The molecule has 1 N–H and O–H groups in total. The number of hydrogen-bond acceptors (Lipinski definition) is 4. The Balaban J connectivity index is 1.83. The van der Waals surface area contributed by atoms with E-state index in [0.29, 0.717) is 24.6 Å². The Morgan fingerprint density at radius 2 is 2.29 bits per heavy atom. The van der Waals surface area contributed by atoms with Crippen molar-refractivity contribution in [2.24, 2.45) is 0 Å². The highest BCUT2D eigenvalue weighted by Gasteiger charge is 2.28. The Morgan fingerprint density at radius 3 is 3.00 bits per heavy atom. The molecule has 0 spiro atoms. The Kier molecular flexibility index (Phi) is 4.19. The van der Waals surface area contributed by atoms with Crippen LogP contribution in [0.25, 0.3) is 0 Å². The van der Waals surface area contributed by atoms with Gasteiger partial charge in [-0.05, 0) is 43.1 Å². The van der Waals surface area contributed by atoms with Crippen molar-refractivity contribution < 1.29 is 13.2 Å². The molecule has 1 fully saturated rings. The van der Waals surface area contributed by atoms with Gasteiger partial charge in [0.15, 0.2) is 0 Å². The summed E-state index contributed by atoms with van der Waals surface area (Å²) >= 11 is 0. The Bertz CT molecular complexity index is 609. The number of likely N-dealkylation sites (N-methyl/N-ethyl adjacent to an activating group) is 1. The second kappa shape index (κ2) is 5.94. The number of fused-ring (bicyclic) bond motifs is 1. The van der Waals surface area contributed by atoms with Crippen LogP contribution < -0.4 is 10.1 Å². The summed E-state index contributed by atoms with van der Waals surface area (Å²) in [7, 11) is -3.42. The molecular weight excluding hydrogens is 288 g/mol. The lowest BCUT2D eigenvalue weighted by atomic mass is 10.2. The zero-order chi connectivity index (χ0) is 14.9. The number of rotatable bonds is 5. The van der Waals surface area contributed by atoms with Crippen molar-refractivity contribution in [1.82, 2.24) is 9.62 Å². The van der Waals surface area contributed by atoms with E-state index in [4.69, 9.17) is 4.74 Å². The minimum atomic E-state index is -3.42. The van der Waals surface area contributed by atoms with Crippen molar-refractivity contribution in [3.63, 3.8) is 0 Å². The van der Waals surface area contributed by atoms with Crippen LogP contribution in [-0.4, -0.2) is 45.0 Å². The number of sulfonamides is 1. The molecule has 3 rings (SSSR count). The van der Waals surface area contributed by atoms with Crippen molar-refractivity contribution in [3.05, 3.63) is 23.8 Å². The maximum Gasteiger partial charge on any atom is 0.243 e. The van der Waals surface area contributed by atoms with Gasteiger partial charge in [0.05, 0.1) is 11.5 Å². The van der Waals surface area contributed by atoms with Crippen LogP contribution in [0, 0.1) is 0 Å². The summed E-state index contributed by atoms with van der Waals surface area (Å²) in [5.74, 6) is 0.814. The zero-order valence-corrected chi connectivity index (χ0v) is 13.2. The van der Waals surface area contributed by atoms with Gasteiger partial charge in [0.25, 0.3) is 0 Å². The molecule has 116 valence electrons. The highest BCUT2D eigenvalue weighted by Crippen LogP contribution is 2.29. The van der Waals surface area contributed by atoms with Crippen LogP contribution in [0.2, 0.25) is 0 Å². The smallest absolute Gasteiger partial charge is 0.243 e. The lowest BCUT2D eigenvalue weighted by Crippen LogP contribution is -2.40. The van der Waals surface area contributed by atoms with Crippen molar-refractivity contribution in [2.75, 3.05) is 26.2 Å². The molecule has 0 bridgehead atoms. The molecule has 1 unspecified atom stereocenters. The summed E-state index contributed by atoms with van der Waals surface area (Å²) < 4.78 is 32.6. The largest absolute Gasteiger partial charge is 0.493 e. The first-order valence-electron chi connectivity index (χ1n) is 7.60. The average Bonchev–Trinajstić information content (AvgIpc) is 3.14. The van der Waals surface area contributed by atoms with E-state index >= 15 is 0 Å². The van der Waals surface area contributed by atoms with E-state index in [1.54, 1.807) is 22.5 Å². The third-order valence-electron chi connectivity index (χ3n) is 4.24. The predicted octanol–water partition coefficient (Wildman–Crippen LogP) is 1.38. The molecule has 0 saturated carbocycles. The van der Waals surface area contributed by atoms with Crippen molar-refractivity contribution in [2.45, 2.75) is 37.1 Å². The van der Waals surface area contributed by atoms with Crippen molar-refractivity contribution >= 4 is 10.0 Å². The lowest BCUT2D eigenvalue weighted by molar-refractivity contribution is 0.356. The van der Waals surface area contributed by atoms with Gasteiger partial charge >= 0.3 is 0 Å². The fourth-order valence-electron chi connectivity index (χ4n) is 3.03. The summed E-state index contributed by atoms with van der Waals surface area (Å²) in [6, 6.07) is 5.47. The summed E-state index contributed by atoms with van der Waals surface area (Å²) in [5, 5.41) is 3.36. The van der Waals surface area contributed by atoms with Crippen LogP contribution in [0.1, 0.15) is 25.3 Å². The van der Waals surface area contributed by atoms with Crippen LogP contribution in [-0.2, 0) is 16.4 Å². The molecule has 1 atom stereocenters. The van der Waals surface area contributed by atoms with Gasteiger partial charge in [0.1, 0.15) is 5.75 Å². The molecule has 2 aliphatic rings. The molecule has 0 radical (unpaired) electrons. The quantitative estimate of drug-likeness (QED) is 0.893. The lowest BCUT2D eigenvalue weighted by Gasteiger charge is -2.24. The van der Waals surface area contributed by atoms with E-state index < -0.39 is 10.0 Å². The highest BCUT2D eigenvalue weighted by atomic mass is 32.2. The Labute approximate surface area is 126 Å². The second-order valence-electron chi connectivity index (χ2n) is 5.62. The molecular formula is C15H22N2O3S. The van der Waals surface area contributed by atoms with Crippen LogP contribution in [0.3, 0.4) is 0 Å². The monoisotopic (exact) mass is 310 g/mol. The van der Waals surface area contributed by atoms with E-state index in [-0.39, 0.29) is 6.04 Å². The number of hydrogen-bond donors (Lipinski definition) is 1. The SMILES string of the molecule is CCN(CC1CCCN1)S(=O)(=O)c1ccc2c(c1)CCO2. The number of nitrogens with zero attached hydrogens (tertiary/aromatic N) is 1. The predicted molar refractivity (Wildman–Crippen MR) is 81.1 cm³/mol. The molecule has 0 aromatic heterocycles. The fourth-order valence-corrected chi connectivity index (χ4v) is 4.57. The molecule has 0 aliphatic carbocycles. The van der Waals surface area contributed by atoms with Crippen molar-refractivity contribution in [1.29, 1.82) is 0 Å². The maximum absolute atomic E-state index is 12.8. The summed E-state index contributed by atoms with van der Waals surface area (Å²) in [5.41, 5.74) is 0.992. The first kappa shape index (κ1) is 14.8. The Hall–Kier alpha value is -1.11. The van der Waals surface area contributed by atoms with Crippen LogP contribution in [0.5, 0.6) is 5.75 Å². The molecule has 6 heteroatoms. The van der Waals surface area contributed by atoms with E-state index in [1.807, 2.05) is 6.92 Å². The normalized spacial score (nSPS) is 21.5. The topological polar surface area (TPSA) is 58.6 Å². The van der Waals surface area contributed by atoms with Gasteiger partial charge in [-0.25, -0.2) is 8.42 Å². The van der Waals surface area contributed by atoms with Gasteiger partial charge in [-0.3, -0.25) is 0 Å². The third-order valence-corrected chi connectivity index (χ3v) is 6.17. The van der Waals surface area contributed by atoms with Crippen LogP contribution >= 0.6 is 0 Å². The fraction of sp³-hybridized carbons (Fsp3) is 0.600. The van der Waals surface area contributed by atoms with E-state index in [0.717, 1.165) is 37.1 Å². The van der Waals surface area contributed by atoms with Gasteiger partial charge in [0, 0.05) is 25.6 Å². The molecule has 0 amide bonds. The van der Waals surface area contributed by atoms with Gasteiger partial charge in [-0.1, -0.05) is 6.92 Å². The van der Waals surface area contributed by atoms with Crippen LogP contribution in [0.15, 0.2) is 23.1 Å². The van der Waals surface area contributed by atoms with E-state index in [2.05, 4.69) is 5.32 Å². The molecule has 1 saturated heterocycles. The van der Waals surface area contributed by atoms with Crippen molar-refractivity contribution in [3.8, 4) is 5.75 Å². The standard InChI is InChI=1S/C15H22N2O3S/c1-2-17(11-13-4-3-8-16-13)21(18,19)14-5-6-15-12(10-14)7-9-20-15/h5-6,10,13,16H,2-4,7-9,11H2,1H3. The number of benzene rings is 1. The summed E-state index contributed by atoms with van der Waals surface area (Å²) in [6.07, 6.45) is 2.96. The van der Waals surface area contributed by atoms with Gasteiger partial charge < -0.3 is 10.1 Å². The minimum absolute atomic E-state index is 0.275. The van der Waals surface area contributed by atoms with Gasteiger partial charge in [-0.15, -0.1) is 0 Å². The first-order chi connectivity index (χ1) is 10.1. The molecule has 1 aromatic rings. The minimum Gasteiger partial charge on any atom is -0.493 e. The molecule has 5 nitrogen and oxygen atoms in total. The Morgan fingerprint density at radius 1 is 1.43 bits per heavy atom. The summed E-state index contributed by atoms with van der Waals surface area (Å²) in [6.45, 7) is 4.56. The first-order valence-corrected chi connectivity index (χ1v) is 9.04. The maximum atomic E-state index is 12.8. The highest BCUT2D eigenvalue weighted by molar-refractivity contribution is 7.89. The zero-order valence-electron chi connectivity index (χ0n) is 12.3. The third kappa shape index (κ3) is 2.93. The van der Waals surface area contributed by atoms with Crippen LogP contribution in [0.4, 0.5) is 0 Å². The van der Waals surface area contributed by atoms with E-state index in [1.165, 1.54) is 0 Å². The van der Waals surface area contributed by atoms with Gasteiger partial charge in [0.2, 0.25) is 10.0 Å². The molecule has 2 heterocycles. The molecule has 21 heavy (non-hydrogen) atoms. The molecule has 2 aliphatic heterocycles. The van der Waals surface area contributed by atoms with Gasteiger partial charge in [-0.2, -0.15) is 4.31 Å². The molecule has 1 aromatic carbocycles. The number of ether oxygens (including phenoxy) is 1.